The zero-order valence-corrected chi connectivity index (χ0v) is 10.4. The van der Waals surface area contributed by atoms with Gasteiger partial charge in [0.25, 0.3) is 5.91 Å². The fraction of sp³-hybridized carbons (Fsp3) is 0.667. The normalized spacial score (nSPS) is 15.7. The van der Waals surface area contributed by atoms with Crippen LogP contribution in [0.4, 0.5) is 0 Å². The molecule has 1 aliphatic carbocycles. The van der Waals surface area contributed by atoms with Gasteiger partial charge in [0.2, 0.25) is 0 Å². The lowest BCUT2D eigenvalue weighted by Crippen LogP contribution is -2.45. The highest BCUT2D eigenvalue weighted by molar-refractivity contribution is 5.95. The third-order valence-corrected chi connectivity index (χ3v) is 3.36. The van der Waals surface area contributed by atoms with Crippen LogP contribution in [0, 0.1) is 6.92 Å². The minimum Gasteiger partial charge on any atom is -0.395 e. The standard InChI is InChI=1S/C12H19N3O2/c1-9-11(8-14(2)13-9)12(17)15(6-7-16)10-4-3-5-10/h8,10,16H,3-7H2,1-2H3. The smallest absolute Gasteiger partial charge is 0.257 e. The fourth-order valence-corrected chi connectivity index (χ4v) is 2.22. The Balaban J connectivity index is 2.17. The van der Waals surface area contributed by atoms with Gasteiger partial charge < -0.3 is 10.0 Å². The quantitative estimate of drug-likeness (QED) is 0.839. The lowest BCUT2D eigenvalue weighted by molar-refractivity contribution is 0.0525. The van der Waals surface area contributed by atoms with E-state index >= 15 is 0 Å². The van der Waals surface area contributed by atoms with Crippen LogP contribution in [-0.4, -0.2) is 44.9 Å². The highest BCUT2D eigenvalue weighted by atomic mass is 16.3. The zero-order valence-electron chi connectivity index (χ0n) is 10.4. The van der Waals surface area contributed by atoms with Crippen molar-refractivity contribution >= 4 is 5.91 Å². The van der Waals surface area contributed by atoms with E-state index in [9.17, 15) is 4.79 Å². The molecule has 0 spiro atoms. The molecule has 1 aliphatic rings. The van der Waals surface area contributed by atoms with Gasteiger partial charge in [-0.25, -0.2) is 0 Å². The molecule has 94 valence electrons. The van der Waals surface area contributed by atoms with E-state index < -0.39 is 0 Å². The van der Waals surface area contributed by atoms with Crippen molar-refractivity contribution in [3.63, 3.8) is 0 Å². The first kappa shape index (κ1) is 12.1. The van der Waals surface area contributed by atoms with Crippen LogP contribution in [0.1, 0.15) is 35.3 Å². The number of aryl methyl sites for hydroxylation is 2. The summed E-state index contributed by atoms with van der Waals surface area (Å²) in [6.45, 7) is 2.27. The second-order valence-electron chi connectivity index (χ2n) is 4.61. The first-order chi connectivity index (χ1) is 8.13. The van der Waals surface area contributed by atoms with Gasteiger partial charge in [-0.2, -0.15) is 5.10 Å². The number of aliphatic hydroxyl groups is 1. The molecule has 5 heteroatoms. The van der Waals surface area contributed by atoms with Crippen LogP contribution in [0.3, 0.4) is 0 Å². The Morgan fingerprint density at radius 1 is 1.65 bits per heavy atom. The lowest BCUT2D eigenvalue weighted by Gasteiger charge is -2.37. The molecule has 1 heterocycles. The Labute approximate surface area is 101 Å². The molecule has 1 aromatic rings. The summed E-state index contributed by atoms with van der Waals surface area (Å²) in [7, 11) is 1.81. The van der Waals surface area contributed by atoms with Gasteiger partial charge >= 0.3 is 0 Å². The summed E-state index contributed by atoms with van der Waals surface area (Å²) in [4.78, 5) is 14.1. The van der Waals surface area contributed by atoms with Crippen LogP contribution in [0.2, 0.25) is 0 Å². The molecule has 5 nitrogen and oxygen atoms in total. The number of carbonyl (C=O) groups is 1. The van der Waals surface area contributed by atoms with E-state index in [0.717, 1.165) is 18.5 Å². The Morgan fingerprint density at radius 2 is 2.35 bits per heavy atom. The van der Waals surface area contributed by atoms with Gasteiger partial charge in [-0.15, -0.1) is 0 Å². The summed E-state index contributed by atoms with van der Waals surface area (Å²) >= 11 is 0. The van der Waals surface area contributed by atoms with E-state index in [1.54, 1.807) is 15.8 Å². The molecule has 1 aromatic heterocycles. The van der Waals surface area contributed by atoms with E-state index in [0.29, 0.717) is 18.2 Å². The Kier molecular flexibility index (Phi) is 3.47. The first-order valence-electron chi connectivity index (χ1n) is 6.05. The lowest BCUT2D eigenvalue weighted by atomic mass is 9.91. The van der Waals surface area contributed by atoms with Gasteiger partial charge in [-0.05, 0) is 26.2 Å². The summed E-state index contributed by atoms with van der Waals surface area (Å²) in [5, 5.41) is 13.2. The number of rotatable bonds is 4. The van der Waals surface area contributed by atoms with Gasteiger partial charge in [0.1, 0.15) is 0 Å². The minimum absolute atomic E-state index is 0.00523. The number of aliphatic hydroxyl groups excluding tert-OH is 1. The second kappa shape index (κ2) is 4.87. The van der Waals surface area contributed by atoms with Crippen molar-refractivity contribution in [3.8, 4) is 0 Å². The second-order valence-corrected chi connectivity index (χ2v) is 4.61. The van der Waals surface area contributed by atoms with Gasteiger partial charge in [-0.1, -0.05) is 0 Å². The number of nitrogens with zero attached hydrogens (tertiary/aromatic N) is 3. The SMILES string of the molecule is Cc1nn(C)cc1C(=O)N(CCO)C1CCC1. The number of aromatic nitrogens is 2. The Morgan fingerprint density at radius 3 is 2.76 bits per heavy atom. The van der Waals surface area contributed by atoms with Gasteiger partial charge in [-0.3, -0.25) is 9.48 Å². The average Bonchev–Trinajstić information content (AvgIpc) is 2.53. The van der Waals surface area contributed by atoms with E-state index in [4.69, 9.17) is 5.11 Å². The van der Waals surface area contributed by atoms with Crippen molar-refractivity contribution in [2.75, 3.05) is 13.2 Å². The third kappa shape index (κ3) is 2.34. The molecular formula is C12H19N3O2. The third-order valence-electron chi connectivity index (χ3n) is 3.36. The van der Waals surface area contributed by atoms with Gasteiger partial charge in [0.15, 0.2) is 0 Å². The molecule has 0 unspecified atom stereocenters. The minimum atomic E-state index is -0.00523. The predicted octanol–water partition coefficient (Wildman–Crippen LogP) is 0.716. The predicted molar refractivity (Wildman–Crippen MR) is 63.7 cm³/mol. The van der Waals surface area contributed by atoms with Crippen LogP contribution in [0.25, 0.3) is 0 Å². The van der Waals surface area contributed by atoms with Crippen molar-refractivity contribution in [2.45, 2.75) is 32.2 Å². The zero-order chi connectivity index (χ0) is 12.4. The molecule has 2 rings (SSSR count). The molecular weight excluding hydrogens is 218 g/mol. The molecule has 0 radical (unpaired) electrons. The van der Waals surface area contributed by atoms with Gasteiger partial charge in [0, 0.05) is 25.8 Å². The average molecular weight is 237 g/mol. The van der Waals surface area contributed by atoms with Crippen LogP contribution < -0.4 is 0 Å². The van der Waals surface area contributed by atoms with E-state index in [-0.39, 0.29) is 12.5 Å². The summed E-state index contributed by atoms with van der Waals surface area (Å²) in [6, 6.07) is 0.300. The number of amides is 1. The van der Waals surface area contributed by atoms with Crippen LogP contribution in [0.5, 0.6) is 0 Å². The van der Waals surface area contributed by atoms with Crippen molar-refractivity contribution in [3.05, 3.63) is 17.5 Å². The van der Waals surface area contributed by atoms with E-state index in [1.165, 1.54) is 6.42 Å². The number of hydrogen-bond acceptors (Lipinski definition) is 3. The fourth-order valence-electron chi connectivity index (χ4n) is 2.22. The molecule has 0 bridgehead atoms. The maximum absolute atomic E-state index is 12.4. The molecule has 0 saturated heterocycles. The molecule has 1 fully saturated rings. The van der Waals surface area contributed by atoms with E-state index in [2.05, 4.69) is 5.10 Å². The topological polar surface area (TPSA) is 58.4 Å². The highest BCUT2D eigenvalue weighted by Gasteiger charge is 2.30. The summed E-state index contributed by atoms with van der Waals surface area (Å²) < 4.78 is 1.65. The molecule has 1 saturated carbocycles. The number of carbonyl (C=O) groups excluding carboxylic acids is 1. The molecule has 1 amide bonds. The Bertz CT molecular complexity index is 410. The molecule has 0 aromatic carbocycles. The largest absolute Gasteiger partial charge is 0.395 e. The summed E-state index contributed by atoms with van der Waals surface area (Å²) in [6.07, 6.45) is 5.02. The van der Waals surface area contributed by atoms with Crippen LogP contribution >= 0.6 is 0 Å². The summed E-state index contributed by atoms with van der Waals surface area (Å²) in [5.41, 5.74) is 1.40. The van der Waals surface area contributed by atoms with Crippen molar-refractivity contribution in [1.82, 2.24) is 14.7 Å². The highest BCUT2D eigenvalue weighted by Crippen LogP contribution is 2.26. The molecule has 0 atom stereocenters. The summed E-state index contributed by atoms with van der Waals surface area (Å²) in [5.74, 6) is -0.00523. The maximum Gasteiger partial charge on any atom is 0.257 e. The first-order valence-corrected chi connectivity index (χ1v) is 6.05. The number of hydrogen-bond donors (Lipinski definition) is 1. The molecule has 1 N–H and O–H groups in total. The monoisotopic (exact) mass is 237 g/mol. The van der Waals surface area contributed by atoms with Crippen molar-refractivity contribution < 1.29 is 9.90 Å². The van der Waals surface area contributed by atoms with Gasteiger partial charge in [0.05, 0.1) is 17.9 Å². The molecule has 0 aliphatic heterocycles. The van der Waals surface area contributed by atoms with Crippen LogP contribution in [-0.2, 0) is 7.05 Å². The van der Waals surface area contributed by atoms with E-state index in [1.807, 2.05) is 14.0 Å². The molecule has 17 heavy (non-hydrogen) atoms. The van der Waals surface area contributed by atoms with Crippen LogP contribution in [0.15, 0.2) is 6.20 Å². The van der Waals surface area contributed by atoms with Crippen molar-refractivity contribution in [1.29, 1.82) is 0 Å². The Hall–Kier alpha value is -1.36. The van der Waals surface area contributed by atoms with Crippen molar-refractivity contribution in [2.24, 2.45) is 7.05 Å². The maximum atomic E-state index is 12.4.